The minimum absolute atomic E-state index is 0.337. The molecule has 9 heteroatoms. The highest BCUT2D eigenvalue weighted by atomic mass is 19.1. The number of hydrogen-bond donors (Lipinski definition) is 1. The second-order valence-corrected chi connectivity index (χ2v) is 7.87. The van der Waals surface area contributed by atoms with Gasteiger partial charge in [0.25, 0.3) is 0 Å². The van der Waals surface area contributed by atoms with E-state index in [9.17, 15) is 4.39 Å². The first-order valence-corrected chi connectivity index (χ1v) is 10.4. The van der Waals surface area contributed by atoms with E-state index in [2.05, 4.69) is 21.9 Å². The number of nitrogens with zero attached hydrogens (tertiary/aromatic N) is 6. The largest absolute Gasteiger partial charge is 0.497 e. The molecule has 0 saturated carbocycles. The van der Waals surface area contributed by atoms with Crippen molar-refractivity contribution in [1.29, 1.82) is 0 Å². The summed E-state index contributed by atoms with van der Waals surface area (Å²) in [4.78, 5) is 14.0. The van der Waals surface area contributed by atoms with Crippen LogP contribution in [0.15, 0.2) is 48.5 Å². The number of aromatic nitrogens is 4. The Kier molecular flexibility index (Phi) is 5.10. The molecule has 0 bridgehead atoms. The average Bonchev–Trinajstić information content (AvgIpc) is 3.15. The predicted molar refractivity (Wildman–Crippen MR) is 123 cm³/mol. The molecule has 164 valence electrons. The molecule has 0 radical (unpaired) electrons. The Bertz CT molecular complexity index is 1260. The smallest absolute Gasteiger partial charge is 0.228 e. The topological polar surface area (TPSA) is 85.3 Å². The minimum atomic E-state index is -0.337. The number of nitrogens with two attached hydrogens (primary N) is 1. The van der Waals surface area contributed by atoms with Crippen molar-refractivity contribution >= 4 is 22.8 Å². The summed E-state index contributed by atoms with van der Waals surface area (Å²) in [6, 6.07) is 13.8. The van der Waals surface area contributed by atoms with Gasteiger partial charge in [-0.05, 0) is 43.4 Å². The molecule has 8 nitrogen and oxygen atoms in total. The van der Waals surface area contributed by atoms with Gasteiger partial charge in [0.1, 0.15) is 17.4 Å². The van der Waals surface area contributed by atoms with E-state index >= 15 is 0 Å². The molecule has 0 aliphatic carbocycles. The zero-order chi connectivity index (χ0) is 22.2. The van der Waals surface area contributed by atoms with Crippen molar-refractivity contribution < 1.29 is 9.13 Å². The molecule has 32 heavy (non-hydrogen) atoms. The number of methoxy groups -OCH3 is 1. The molecule has 1 saturated heterocycles. The van der Waals surface area contributed by atoms with Crippen molar-refractivity contribution in [2.75, 3.05) is 51.0 Å². The average molecular weight is 433 g/mol. The molecule has 2 aromatic carbocycles. The molecular formula is C23H24FN7O. The molecule has 0 unspecified atom stereocenters. The van der Waals surface area contributed by atoms with Crippen molar-refractivity contribution in [2.24, 2.45) is 0 Å². The van der Waals surface area contributed by atoms with Gasteiger partial charge >= 0.3 is 0 Å². The summed E-state index contributed by atoms with van der Waals surface area (Å²) in [6.45, 7) is 3.44. The molecule has 2 N–H and O–H groups in total. The Balaban J connectivity index is 1.69. The maximum atomic E-state index is 14.1. The number of halogens is 1. The first-order valence-electron chi connectivity index (χ1n) is 10.4. The van der Waals surface area contributed by atoms with Crippen LogP contribution in [0.25, 0.3) is 28.0 Å². The number of hydrogen-bond acceptors (Lipinski definition) is 7. The highest BCUT2D eigenvalue weighted by Crippen LogP contribution is 2.34. The third-order valence-electron chi connectivity index (χ3n) is 5.76. The van der Waals surface area contributed by atoms with Gasteiger partial charge in [-0.1, -0.05) is 12.1 Å². The fourth-order valence-electron chi connectivity index (χ4n) is 3.91. The van der Waals surface area contributed by atoms with Gasteiger partial charge in [0.05, 0.1) is 23.9 Å². The van der Waals surface area contributed by atoms with Crippen LogP contribution < -0.4 is 15.4 Å². The van der Waals surface area contributed by atoms with Crippen LogP contribution in [0.5, 0.6) is 5.75 Å². The summed E-state index contributed by atoms with van der Waals surface area (Å²) in [7, 11) is 3.71. The quantitative estimate of drug-likeness (QED) is 0.530. The number of anilines is 2. The van der Waals surface area contributed by atoms with E-state index in [0.717, 1.165) is 37.6 Å². The Morgan fingerprint density at radius 3 is 2.44 bits per heavy atom. The van der Waals surface area contributed by atoms with E-state index in [4.69, 9.17) is 20.4 Å². The summed E-state index contributed by atoms with van der Waals surface area (Å²) in [5, 5.41) is 5.29. The van der Waals surface area contributed by atoms with Gasteiger partial charge in [-0.15, -0.1) is 5.10 Å². The van der Waals surface area contributed by atoms with Crippen molar-refractivity contribution in [1.82, 2.24) is 24.6 Å². The number of rotatable bonds is 4. The molecule has 0 amide bonds. The number of likely N-dealkylation sites (N-methyl/N-ethyl adjacent to an activating group) is 1. The molecule has 1 aliphatic rings. The molecule has 2 aromatic heterocycles. The maximum Gasteiger partial charge on any atom is 0.228 e. The SMILES string of the molecule is COc1ccc(-n2nc3nc(N4CCN(C)CC4)nc(-c4cccc(F)c4)c3c2N)cc1. The lowest BCUT2D eigenvalue weighted by atomic mass is 10.1. The van der Waals surface area contributed by atoms with Crippen LogP contribution in [0.3, 0.4) is 0 Å². The summed E-state index contributed by atoms with van der Waals surface area (Å²) >= 11 is 0. The van der Waals surface area contributed by atoms with Gasteiger partial charge < -0.3 is 20.3 Å². The maximum absolute atomic E-state index is 14.1. The molecule has 3 heterocycles. The van der Waals surface area contributed by atoms with Crippen LogP contribution in [-0.4, -0.2) is 65.0 Å². The summed E-state index contributed by atoms with van der Waals surface area (Å²) < 4.78 is 20.9. The number of fused-ring (bicyclic) bond motifs is 1. The van der Waals surface area contributed by atoms with Gasteiger partial charge in [0.15, 0.2) is 5.65 Å². The zero-order valence-corrected chi connectivity index (χ0v) is 18.0. The Labute approximate surface area is 185 Å². The second kappa shape index (κ2) is 8.08. The first-order chi connectivity index (χ1) is 15.5. The van der Waals surface area contributed by atoms with E-state index in [-0.39, 0.29) is 5.82 Å². The zero-order valence-electron chi connectivity index (χ0n) is 18.0. The standard InChI is InChI=1S/C23H24FN7O/c1-29-10-12-30(13-11-29)23-26-20(15-4-3-5-16(24)14-15)19-21(25)31(28-22(19)27-23)17-6-8-18(32-2)9-7-17/h3-9,14H,10-13,25H2,1-2H3. The number of benzene rings is 2. The van der Waals surface area contributed by atoms with Gasteiger partial charge in [0.2, 0.25) is 5.95 Å². The van der Waals surface area contributed by atoms with Crippen LogP contribution in [0.2, 0.25) is 0 Å². The normalized spacial score (nSPS) is 14.8. The van der Waals surface area contributed by atoms with Gasteiger partial charge in [-0.25, -0.2) is 14.1 Å². The van der Waals surface area contributed by atoms with Gasteiger partial charge in [0, 0.05) is 31.7 Å². The first kappa shape index (κ1) is 20.2. The van der Waals surface area contributed by atoms with E-state index in [1.807, 2.05) is 30.3 Å². The molecule has 1 fully saturated rings. The van der Waals surface area contributed by atoms with Crippen molar-refractivity contribution in [3.8, 4) is 22.7 Å². The fraction of sp³-hybridized carbons (Fsp3) is 0.261. The number of ether oxygens (including phenoxy) is 1. The van der Waals surface area contributed by atoms with E-state index in [0.29, 0.717) is 34.1 Å². The number of nitrogen functional groups attached to an aromatic ring is 1. The number of piperazine rings is 1. The van der Waals surface area contributed by atoms with E-state index in [1.165, 1.54) is 12.1 Å². The van der Waals surface area contributed by atoms with Gasteiger partial charge in [-0.3, -0.25) is 0 Å². The van der Waals surface area contributed by atoms with E-state index in [1.54, 1.807) is 17.9 Å². The summed E-state index contributed by atoms with van der Waals surface area (Å²) in [5.74, 6) is 1.37. The summed E-state index contributed by atoms with van der Waals surface area (Å²) in [6.07, 6.45) is 0. The third kappa shape index (κ3) is 3.60. The fourth-order valence-corrected chi connectivity index (χ4v) is 3.91. The lowest BCUT2D eigenvalue weighted by molar-refractivity contribution is 0.311. The monoisotopic (exact) mass is 433 g/mol. The van der Waals surface area contributed by atoms with Gasteiger partial charge in [-0.2, -0.15) is 4.98 Å². The lowest BCUT2D eigenvalue weighted by Crippen LogP contribution is -2.45. The van der Waals surface area contributed by atoms with Crippen LogP contribution in [-0.2, 0) is 0 Å². The molecule has 0 spiro atoms. The summed E-state index contributed by atoms with van der Waals surface area (Å²) in [5.41, 5.74) is 8.99. The van der Waals surface area contributed by atoms with E-state index < -0.39 is 0 Å². The van der Waals surface area contributed by atoms with Crippen molar-refractivity contribution in [3.05, 3.63) is 54.3 Å². The van der Waals surface area contributed by atoms with Crippen LogP contribution in [0, 0.1) is 5.82 Å². The molecule has 5 rings (SSSR count). The lowest BCUT2D eigenvalue weighted by Gasteiger charge is -2.32. The van der Waals surface area contributed by atoms with Crippen LogP contribution in [0.1, 0.15) is 0 Å². The Hall–Kier alpha value is -3.72. The predicted octanol–water partition coefficient (Wildman–Crippen LogP) is 2.96. The molecule has 1 aliphatic heterocycles. The van der Waals surface area contributed by atoms with Crippen molar-refractivity contribution in [2.45, 2.75) is 0 Å². The molecule has 4 aromatic rings. The third-order valence-corrected chi connectivity index (χ3v) is 5.76. The van der Waals surface area contributed by atoms with Crippen LogP contribution in [0.4, 0.5) is 16.2 Å². The minimum Gasteiger partial charge on any atom is -0.497 e. The van der Waals surface area contributed by atoms with Crippen molar-refractivity contribution in [3.63, 3.8) is 0 Å². The Morgan fingerprint density at radius 2 is 1.75 bits per heavy atom. The highest BCUT2D eigenvalue weighted by molar-refractivity contribution is 5.99. The molecular weight excluding hydrogens is 409 g/mol. The molecule has 0 atom stereocenters. The Morgan fingerprint density at radius 1 is 1.00 bits per heavy atom. The highest BCUT2D eigenvalue weighted by Gasteiger charge is 2.23. The second-order valence-electron chi connectivity index (χ2n) is 7.87. The van der Waals surface area contributed by atoms with Crippen LogP contribution >= 0.6 is 0 Å².